The molecule has 88 valence electrons. The summed E-state index contributed by atoms with van der Waals surface area (Å²) >= 11 is 5.24. The predicted octanol–water partition coefficient (Wildman–Crippen LogP) is 4.06. The smallest absolute Gasteiger partial charge is 0.186 e. The lowest BCUT2D eigenvalue weighted by atomic mass is 9.78. The molecule has 0 aromatic carbocycles. The first kappa shape index (κ1) is 11.0. The van der Waals surface area contributed by atoms with Crippen LogP contribution in [0.4, 0.5) is 5.13 Å². The number of aromatic nitrogens is 1. The van der Waals surface area contributed by atoms with E-state index in [1.807, 2.05) is 0 Å². The lowest BCUT2D eigenvalue weighted by Gasteiger charge is -2.44. The van der Waals surface area contributed by atoms with Gasteiger partial charge in [-0.3, -0.25) is 0 Å². The van der Waals surface area contributed by atoms with Gasteiger partial charge in [-0.1, -0.05) is 12.8 Å². The Hall–Kier alpha value is -0.0900. The Bertz CT molecular complexity index is 364. The maximum Gasteiger partial charge on any atom is 0.186 e. The van der Waals surface area contributed by atoms with Gasteiger partial charge in [-0.25, -0.2) is 4.98 Å². The maximum absolute atomic E-state index is 4.59. The number of thiazole rings is 1. The summed E-state index contributed by atoms with van der Waals surface area (Å²) in [6, 6.07) is 0.778. The molecule has 0 amide bonds. The number of fused-ring (bicyclic) bond motifs is 1. The Kier molecular flexibility index (Phi) is 3.20. The summed E-state index contributed by atoms with van der Waals surface area (Å²) < 4.78 is 0.991. The van der Waals surface area contributed by atoms with Crippen LogP contribution in [0.1, 0.15) is 38.5 Å². The number of rotatable bonds is 1. The summed E-state index contributed by atoms with van der Waals surface area (Å²) in [4.78, 5) is 7.16. The number of hydrogen-bond acceptors (Lipinski definition) is 3. The summed E-state index contributed by atoms with van der Waals surface area (Å²) in [5, 5.41) is 3.32. The van der Waals surface area contributed by atoms with Crippen LogP contribution in [0.2, 0.25) is 0 Å². The summed E-state index contributed by atoms with van der Waals surface area (Å²) in [5.41, 5.74) is 0. The van der Waals surface area contributed by atoms with Gasteiger partial charge in [0.05, 0.1) is 0 Å². The lowest BCUT2D eigenvalue weighted by molar-refractivity contribution is 0.243. The second-order valence-electron chi connectivity index (χ2n) is 4.90. The molecule has 1 aromatic rings. The van der Waals surface area contributed by atoms with Crippen molar-refractivity contribution < 1.29 is 0 Å². The van der Waals surface area contributed by atoms with Crippen LogP contribution >= 0.6 is 27.3 Å². The molecule has 3 rings (SSSR count). The zero-order valence-electron chi connectivity index (χ0n) is 9.36. The van der Waals surface area contributed by atoms with Crippen LogP contribution in [-0.2, 0) is 0 Å². The van der Waals surface area contributed by atoms with Crippen molar-refractivity contribution in [2.24, 2.45) is 5.92 Å². The van der Waals surface area contributed by atoms with E-state index >= 15 is 0 Å². The quantitative estimate of drug-likeness (QED) is 0.777. The van der Waals surface area contributed by atoms with Gasteiger partial charge in [0.1, 0.15) is 4.60 Å². The third-order valence-electron chi connectivity index (χ3n) is 3.95. The highest BCUT2D eigenvalue weighted by Gasteiger charge is 2.34. The molecule has 1 saturated carbocycles. The van der Waals surface area contributed by atoms with Gasteiger partial charge >= 0.3 is 0 Å². The van der Waals surface area contributed by atoms with Crippen molar-refractivity contribution in [3.63, 3.8) is 0 Å². The van der Waals surface area contributed by atoms with Gasteiger partial charge in [-0.05, 0) is 47.5 Å². The standard InChI is InChI=1S/C12H17BrN2S/c13-11-8-16-12(14-11)15-7-3-5-9-4-1-2-6-10(9)15/h8-10H,1-7H2/t9-,10-/m1/s1. The average Bonchev–Trinajstić information content (AvgIpc) is 2.75. The van der Waals surface area contributed by atoms with Gasteiger partial charge in [-0.2, -0.15) is 0 Å². The first-order valence-corrected chi connectivity index (χ1v) is 7.89. The highest BCUT2D eigenvalue weighted by molar-refractivity contribution is 9.10. The molecule has 2 aliphatic rings. The molecule has 4 heteroatoms. The SMILES string of the molecule is Brc1csc(N2CCC[C@H]3CCCC[C@H]32)n1. The molecule has 0 bridgehead atoms. The van der Waals surface area contributed by atoms with E-state index in [9.17, 15) is 0 Å². The van der Waals surface area contributed by atoms with E-state index in [-0.39, 0.29) is 0 Å². The molecule has 1 saturated heterocycles. The molecule has 2 heterocycles. The van der Waals surface area contributed by atoms with Crippen molar-refractivity contribution in [2.45, 2.75) is 44.6 Å². The summed E-state index contributed by atoms with van der Waals surface area (Å²) in [5.74, 6) is 0.935. The van der Waals surface area contributed by atoms with Crippen molar-refractivity contribution >= 4 is 32.4 Å². The van der Waals surface area contributed by atoms with E-state index in [0.29, 0.717) is 0 Å². The molecular weight excluding hydrogens is 284 g/mol. The van der Waals surface area contributed by atoms with Crippen LogP contribution in [0.25, 0.3) is 0 Å². The fraction of sp³-hybridized carbons (Fsp3) is 0.750. The van der Waals surface area contributed by atoms with Gasteiger partial charge in [0.25, 0.3) is 0 Å². The molecule has 1 aliphatic carbocycles. The van der Waals surface area contributed by atoms with Crippen LogP contribution in [0.5, 0.6) is 0 Å². The maximum atomic E-state index is 4.59. The molecule has 2 fully saturated rings. The van der Waals surface area contributed by atoms with Crippen LogP contribution in [0.3, 0.4) is 0 Å². The minimum absolute atomic E-state index is 0.778. The van der Waals surface area contributed by atoms with Gasteiger partial charge in [0.2, 0.25) is 0 Å². The minimum atomic E-state index is 0.778. The van der Waals surface area contributed by atoms with Crippen molar-refractivity contribution in [3.8, 4) is 0 Å². The van der Waals surface area contributed by atoms with Crippen molar-refractivity contribution in [3.05, 3.63) is 9.98 Å². The number of anilines is 1. The second kappa shape index (κ2) is 4.65. The van der Waals surface area contributed by atoms with E-state index in [4.69, 9.17) is 0 Å². The molecule has 0 N–H and O–H groups in total. The monoisotopic (exact) mass is 300 g/mol. The largest absolute Gasteiger partial charge is 0.345 e. The van der Waals surface area contributed by atoms with Gasteiger partial charge in [0, 0.05) is 18.0 Å². The Morgan fingerprint density at radius 3 is 2.88 bits per heavy atom. The third kappa shape index (κ3) is 2.02. The Labute approximate surface area is 109 Å². The van der Waals surface area contributed by atoms with Crippen molar-refractivity contribution in [2.75, 3.05) is 11.4 Å². The summed E-state index contributed by atoms with van der Waals surface area (Å²) in [7, 11) is 0. The topological polar surface area (TPSA) is 16.1 Å². The molecule has 0 unspecified atom stereocenters. The minimum Gasteiger partial charge on any atom is -0.345 e. The second-order valence-corrected chi connectivity index (χ2v) is 6.55. The molecular formula is C12H17BrN2S. The normalized spacial score (nSPS) is 30.2. The Morgan fingerprint density at radius 2 is 2.06 bits per heavy atom. The molecule has 1 aromatic heterocycles. The van der Waals surface area contributed by atoms with E-state index in [1.54, 1.807) is 11.3 Å². The molecule has 16 heavy (non-hydrogen) atoms. The van der Waals surface area contributed by atoms with Gasteiger partial charge < -0.3 is 4.90 Å². The first-order valence-electron chi connectivity index (χ1n) is 6.22. The molecule has 2 atom stereocenters. The highest BCUT2D eigenvalue weighted by atomic mass is 79.9. The van der Waals surface area contributed by atoms with Crippen molar-refractivity contribution in [1.29, 1.82) is 0 Å². The van der Waals surface area contributed by atoms with Gasteiger partial charge in [-0.15, -0.1) is 11.3 Å². The van der Waals surface area contributed by atoms with Crippen LogP contribution < -0.4 is 4.90 Å². The summed E-state index contributed by atoms with van der Waals surface area (Å²) in [6.45, 7) is 1.21. The average molecular weight is 301 g/mol. The van der Waals surface area contributed by atoms with E-state index in [2.05, 4.69) is 31.2 Å². The highest BCUT2D eigenvalue weighted by Crippen LogP contribution is 2.38. The predicted molar refractivity (Wildman–Crippen MR) is 72.1 cm³/mol. The van der Waals surface area contributed by atoms with Gasteiger partial charge in [0.15, 0.2) is 5.13 Å². The third-order valence-corrected chi connectivity index (χ3v) is 5.54. The molecule has 1 aliphatic heterocycles. The van der Waals surface area contributed by atoms with Crippen LogP contribution in [0.15, 0.2) is 9.98 Å². The van der Waals surface area contributed by atoms with E-state index < -0.39 is 0 Å². The first-order chi connectivity index (χ1) is 7.84. The molecule has 2 nitrogen and oxygen atoms in total. The lowest BCUT2D eigenvalue weighted by Crippen LogP contribution is -2.46. The van der Waals surface area contributed by atoms with Crippen LogP contribution in [0, 0.1) is 5.92 Å². The Morgan fingerprint density at radius 1 is 1.25 bits per heavy atom. The number of hydrogen-bond donors (Lipinski definition) is 0. The molecule has 0 radical (unpaired) electrons. The van der Waals surface area contributed by atoms with E-state index in [1.165, 1.54) is 50.2 Å². The fourth-order valence-corrected chi connectivity index (χ4v) is 4.57. The van der Waals surface area contributed by atoms with Crippen molar-refractivity contribution in [1.82, 2.24) is 4.98 Å². The molecule has 0 spiro atoms. The number of halogens is 1. The summed E-state index contributed by atoms with van der Waals surface area (Å²) in [6.07, 6.45) is 8.45. The van der Waals surface area contributed by atoms with E-state index in [0.717, 1.165) is 16.6 Å². The number of nitrogens with zero attached hydrogens (tertiary/aromatic N) is 2. The fourth-order valence-electron chi connectivity index (χ4n) is 3.24. The van der Waals surface area contributed by atoms with Crippen LogP contribution in [-0.4, -0.2) is 17.6 Å². The zero-order chi connectivity index (χ0) is 11.0. The zero-order valence-corrected chi connectivity index (χ0v) is 11.8. The Balaban J connectivity index is 1.82. The number of piperidine rings is 1.